The lowest BCUT2D eigenvalue weighted by molar-refractivity contribution is -0.180. The second-order valence-corrected chi connectivity index (χ2v) is 10.7. The third-order valence-electron chi connectivity index (χ3n) is 9.33. The summed E-state index contributed by atoms with van der Waals surface area (Å²) in [6, 6.07) is 16.8. The van der Waals surface area contributed by atoms with Gasteiger partial charge in [-0.2, -0.15) is 0 Å². The van der Waals surface area contributed by atoms with Crippen LogP contribution in [0.2, 0.25) is 0 Å². The lowest BCUT2D eigenvalue weighted by atomic mass is 9.64. The molecule has 0 unspecified atom stereocenters. The van der Waals surface area contributed by atoms with Crippen molar-refractivity contribution in [3.8, 4) is 0 Å². The van der Waals surface area contributed by atoms with E-state index in [2.05, 4.69) is 35.1 Å². The van der Waals surface area contributed by atoms with Crippen molar-refractivity contribution >= 4 is 23.2 Å². The van der Waals surface area contributed by atoms with Crippen molar-refractivity contribution in [2.45, 2.75) is 48.8 Å². The molecular formula is C30H32N4O2. The minimum absolute atomic E-state index is 0.00413. The van der Waals surface area contributed by atoms with E-state index in [0.29, 0.717) is 13.1 Å². The summed E-state index contributed by atoms with van der Waals surface area (Å²) in [5.41, 5.74) is 1.46. The number of carbonyl (C=O) groups is 2. The minimum atomic E-state index is -1.13. The summed E-state index contributed by atoms with van der Waals surface area (Å²) in [7, 11) is 0. The number of hydrogen-bond acceptors (Lipinski definition) is 4. The van der Waals surface area contributed by atoms with E-state index >= 15 is 9.59 Å². The number of amides is 2. The normalized spacial score (nSPS) is 32.8. The second-order valence-electron chi connectivity index (χ2n) is 10.7. The smallest absolute Gasteiger partial charge is 0.255 e. The molecule has 2 aromatic carbocycles. The fourth-order valence-corrected chi connectivity index (χ4v) is 8.38. The predicted molar refractivity (Wildman–Crippen MR) is 141 cm³/mol. The van der Waals surface area contributed by atoms with E-state index in [9.17, 15) is 0 Å². The van der Waals surface area contributed by atoms with Crippen LogP contribution in [0.15, 0.2) is 73.8 Å². The molecule has 0 bridgehead atoms. The Morgan fingerprint density at radius 1 is 0.722 bits per heavy atom. The summed E-state index contributed by atoms with van der Waals surface area (Å²) in [5, 5.41) is 0. The van der Waals surface area contributed by atoms with Crippen LogP contribution in [0.5, 0.6) is 0 Å². The van der Waals surface area contributed by atoms with Crippen molar-refractivity contribution < 1.29 is 9.59 Å². The van der Waals surface area contributed by atoms with Gasteiger partial charge in [0.05, 0.1) is 0 Å². The van der Waals surface area contributed by atoms with E-state index < -0.39 is 11.1 Å². The van der Waals surface area contributed by atoms with Crippen molar-refractivity contribution in [2.75, 3.05) is 36.0 Å². The summed E-state index contributed by atoms with van der Waals surface area (Å²) in [6.07, 6.45) is 7.77. The van der Waals surface area contributed by atoms with Crippen LogP contribution >= 0.6 is 0 Å². The summed E-state index contributed by atoms with van der Waals surface area (Å²) < 4.78 is 0. The zero-order valence-electron chi connectivity index (χ0n) is 20.6. The molecule has 6 nitrogen and oxygen atoms in total. The molecule has 0 radical (unpaired) electrons. The van der Waals surface area contributed by atoms with Crippen molar-refractivity contribution in [2.24, 2.45) is 0 Å². The molecule has 4 atom stereocenters. The van der Waals surface area contributed by atoms with Gasteiger partial charge in [0.2, 0.25) is 0 Å². The maximum absolute atomic E-state index is 15.1. The molecule has 36 heavy (non-hydrogen) atoms. The summed E-state index contributed by atoms with van der Waals surface area (Å²) in [4.78, 5) is 38.8. The van der Waals surface area contributed by atoms with Crippen LogP contribution in [0.3, 0.4) is 0 Å². The zero-order chi connectivity index (χ0) is 24.7. The van der Waals surface area contributed by atoms with Crippen molar-refractivity contribution in [1.82, 2.24) is 9.80 Å². The molecule has 0 saturated carbocycles. The van der Waals surface area contributed by atoms with Gasteiger partial charge in [-0.15, -0.1) is 13.2 Å². The van der Waals surface area contributed by atoms with Gasteiger partial charge in [0.25, 0.3) is 11.8 Å². The number of fused-ring (bicyclic) bond motifs is 10. The lowest BCUT2D eigenvalue weighted by Gasteiger charge is -2.61. The molecule has 184 valence electrons. The van der Waals surface area contributed by atoms with Gasteiger partial charge in [-0.3, -0.25) is 19.4 Å². The van der Waals surface area contributed by atoms with Gasteiger partial charge in [0.15, 0.2) is 11.1 Å². The number of para-hydroxylation sites is 2. The molecule has 2 spiro atoms. The Morgan fingerprint density at radius 2 is 1.14 bits per heavy atom. The molecule has 5 aliphatic rings. The van der Waals surface area contributed by atoms with Gasteiger partial charge in [-0.1, -0.05) is 48.6 Å². The summed E-state index contributed by atoms with van der Waals surface area (Å²) >= 11 is 0. The number of piperazine rings is 1. The molecule has 0 aliphatic carbocycles. The minimum Gasteiger partial charge on any atom is -0.306 e. The highest BCUT2D eigenvalue weighted by molar-refractivity contribution is 6.18. The Balaban J connectivity index is 1.62. The topological polar surface area (TPSA) is 47.1 Å². The standard InChI is InChI=1S/C30H32N4O2/c1-3-17-31-23-13-7-5-11-21(23)29(27(31)35)30(34-20-10-16-26(34)25-15-9-19-33(25)29)22-12-6-8-14-24(22)32(18-4-2)28(30)36/h3-8,11-14,25-26H,1-2,9-10,15-20H2/t25-,26-,29-,30-/m1/s1. The Morgan fingerprint density at radius 3 is 1.56 bits per heavy atom. The van der Waals surface area contributed by atoms with Crippen LogP contribution < -0.4 is 9.80 Å². The molecule has 3 saturated heterocycles. The fraction of sp³-hybridized carbons (Fsp3) is 0.400. The number of benzene rings is 2. The van der Waals surface area contributed by atoms with E-state index in [1.165, 1.54) is 0 Å². The molecule has 2 amide bonds. The Bertz CT molecular complexity index is 1210. The molecule has 5 aliphatic heterocycles. The van der Waals surface area contributed by atoms with Gasteiger partial charge in [0.1, 0.15) is 0 Å². The Labute approximate surface area is 212 Å². The van der Waals surface area contributed by atoms with Gasteiger partial charge < -0.3 is 9.80 Å². The van der Waals surface area contributed by atoms with Crippen molar-refractivity contribution in [3.05, 3.63) is 85.0 Å². The Kier molecular flexibility index (Phi) is 4.67. The number of hydrogen-bond donors (Lipinski definition) is 0. The zero-order valence-corrected chi connectivity index (χ0v) is 20.6. The van der Waals surface area contributed by atoms with Crippen LogP contribution in [0.4, 0.5) is 11.4 Å². The maximum atomic E-state index is 15.1. The van der Waals surface area contributed by atoms with Crippen LogP contribution in [-0.4, -0.2) is 59.9 Å². The van der Waals surface area contributed by atoms with Gasteiger partial charge in [-0.05, 0) is 37.8 Å². The van der Waals surface area contributed by atoms with E-state index in [1.54, 1.807) is 12.2 Å². The lowest BCUT2D eigenvalue weighted by Crippen LogP contribution is -2.80. The molecule has 2 aromatic rings. The van der Waals surface area contributed by atoms with Crippen molar-refractivity contribution in [3.63, 3.8) is 0 Å². The largest absolute Gasteiger partial charge is 0.306 e. The number of nitrogens with zero attached hydrogens (tertiary/aromatic N) is 4. The second kappa shape index (κ2) is 7.64. The molecular weight excluding hydrogens is 448 g/mol. The molecule has 7 rings (SSSR count). The van der Waals surface area contributed by atoms with Gasteiger partial charge >= 0.3 is 0 Å². The third kappa shape index (κ3) is 2.27. The van der Waals surface area contributed by atoms with E-state index in [0.717, 1.165) is 61.3 Å². The third-order valence-corrected chi connectivity index (χ3v) is 9.33. The molecule has 5 heterocycles. The van der Waals surface area contributed by atoms with Crippen LogP contribution in [0.25, 0.3) is 0 Å². The monoisotopic (exact) mass is 480 g/mol. The van der Waals surface area contributed by atoms with E-state index in [4.69, 9.17) is 0 Å². The van der Waals surface area contributed by atoms with Crippen LogP contribution in [0.1, 0.15) is 36.8 Å². The van der Waals surface area contributed by atoms with E-state index in [1.807, 2.05) is 46.2 Å². The first kappa shape index (κ1) is 22.0. The SMILES string of the molecule is C=CCN1C(=O)[C@@]2(c3ccccc31)N1CCC[C@@H]1[C@H]1CCCN1[C@]21C(=O)N(CC=C)c2ccccc21. The first-order chi connectivity index (χ1) is 17.6. The van der Waals surface area contributed by atoms with Crippen LogP contribution in [-0.2, 0) is 20.7 Å². The Hall–Kier alpha value is -3.22. The number of carbonyl (C=O) groups excluding carboxylic acids is 2. The molecule has 0 aromatic heterocycles. The highest BCUT2D eigenvalue weighted by Gasteiger charge is 2.79. The summed E-state index contributed by atoms with van der Waals surface area (Å²) in [6.45, 7) is 10.4. The fourth-order valence-electron chi connectivity index (χ4n) is 8.38. The van der Waals surface area contributed by atoms with Crippen LogP contribution in [0, 0.1) is 0 Å². The van der Waals surface area contributed by atoms with Gasteiger partial charge in [-0.25, -0.2) is 0 Å². The average molecular weight is 481 g/mol. The van der Waals surface area contributed by atoms with E-state index in [-0.39, 0.29) is 23.9 Å². The predicted octanol–water partition coefficient (Wildman–Crippen LogP) is 3.79. The molecule has 6 heteroatoms. The highest BCUT2D eigenvalue weighted by Crippen LogP contribution is 2.66. The molecule has 0 N–H and O–H groups in total. The highest BCUT2D eigenvalue weighted by atomic mass is 16.2. The quantitative estimate of drug-likeness (QED) is 0.625. The maximum Gasteiger partial charge on any atom is 0.255 e. The first-order valence-electron chi connectivity index (χ1n) is 13.2. The molecule has 3 fully saturated rings. The summed E-state index contributed by atoms with van der Waals surface area (Å²) in [5.74, 6) is 0.00825. The number of anilines is 2. The van der Waals surface area contributed by atoms with Crippen molar-refractivity contribution in [1.29, 1.82) is 0 Å². The average Bonchev–Trinajstić information content (AvgIpc) is 3.66. The number of rotatable bonds is 4. The van der Waals surface area contributed by atoms with Gasteiger partial charge in [0, 0.05) is 60.8 Å². The first-order valence-corrected chi connectivity index (χ1v) is 13.2.